The Bertz CT molecular complexity index is 617. The van der Waals surface area contributed by atoms with Crippen LogP contribution in [0.3, 0.4) is 0 Å². The molecule has 7 heteroatoms. The van der Waals surface area contributed by atoms with Gasteiger partial charge >= 0.3 is 6.61 Å². The number of rotatable bonds is 5. The maximum atomic E-state index is 12.3. The first-order chi connectivity index (χ1) is 11.4. The van der Waals surface area contributed by atoms with E-state index in [1.807, 2.05) is 6.92 Å². The number of nitrogens with zero attached hydrogens (tertiary/aromatic N) is 1. The van der Waals surface area contributed by atoms with Gasteiger partial charge in [0.1, 0.15) is 5.75 Å². The first kappa shape index (κ1) is 17.9. The zero-order valence-corrected chi connectivity index (χ0v) is 13.3. The van der Waals surface area contributed by atoms with Crippen molar-refractivity contribution in [3.63, 3.8) is 0 Å². The third-order valence-electron chi connectivity index (χ3n) is 4.09. The largest absolute Gasteiger partial charge is 0.435 e. The van der Waals surface area contributed by atoms with Gasteiger partial charge in [0.2, 0.25) is 11.8 Å². The van der Waals surface area contributed by atoms with Gasteiger partial charge in [0.15, 0.2) is 0 Å². The highest BCUT2D eigenvalue weighted by molar-refractivity contribution is 5.92. The minimum Gasteiger partial charge on any atom is -0.435 e. The van der Waals surface area contributed by atoms with Gasteiger partial charge in [0.25, 0.3) is 0 Å². The first-order valence-corrected chi connectivity index (χ1v) is 7.69. The third kappa shape index (κ3) is 4.78. The Morgan fingerprint density at radius 3 is 2.54 bits per heavy atom. The van der Waals surface area contributed by atoms with Crippen molar-refractivity contribution in [3.8, 4) is 5.75 Å². The average Bonchev–Trinajstić information content (AvgIpc) is 2.53. The lowest BCUT2D eigenvalue weighted by atomic mass is 9.93. The fraction of sp³-hybridized carbons (Fsp3) is 0.412. The fourth-order valence-corrected chi connectivity index (χ4v) is 2.67. The minimum absolute atomic E-state index is 0.0413. The number of carbonyl (C=O) groups excluding carboxylic acids is 2. The van der Waals surface area contributed by atoms with Crippen molar-refractivity contribution in [3.05, 3.63) is 35.9 Å². The van der Waals surface area contributed by atoms with E-state index < -0.39 is 12.5 Å². The van der Waals surface area contributed by atoms with Crippen LogP contribution in [-0.2, 0) is 9.59 Å². The van der Waals surface area contributed by atoms with E-state index in [1.165, 1.54) is 18.2 Å². The van der Waals surface area contributed by atoms with E-state index in [-0.39, 0.29) is 23.6 Å². The van der Waals surface area contributed by atoms with Gasteiger partial charge in [-0.15, -0.1) is 0 Å². The Hall–Kier alpha value is -2.44. The number of likely N-dealkylation sites (tertiary alicyclic amines) is 1. The Balaban J connectivity index is 1.99. The number of carbonyl (C=O) groups is 2. The number of primary amides is 1. The van der Waals surface area contributed by atoms with Gasteiger partial charge < -0.3 is 15.4 Å². The fourth-order valence-electron chi connectivity index (χ4n) is 2.67. The second-order valence-electron chi connectivity index (χ2n) is 5.80. The van der Waals surface area contributed by atoms with E-state index in [9.17, 15) is 18.4 Å². The summed E-state index contributed by atoms with van der Waals surface area (Å²) in [5.41, 5.74) is 6.01. The molecule has 1 aliphatic heterocycles. The molecule has 2 amide bonds. The number of ether oxygens (including phenoxy) is 1. The Morgan fingerprint density at radius 1 is 1.29 bits per heavy atom. The van der Waals surface area contributed by atoms with Crippen LogP contribution in [0.25, 0.3) is 6.08 Å². The molecule has 1 fully saturated rings. The highest BCUT2D eigenvalue weighted by Crippen LogP contribution is 2.22. The maximum Gasteiger partial charge on any atom is 0.387 e. The predicted molar refractivity (Wildman–Crippen MR) is 85.2 cm³/mol. The van der Waals surface area contributed by atoms with Crippen molar-refractivity contribution in [1.29, 1.82) is 0 Å². The zero-order valence-electron chi connectivity index (χ0n) is 13.3. The topological polar surface area (TPSA) is 72.6 Å². The highest BCUT2D eigenvalue weighted by atomic mass is 19.3. The molecule has 2 rings (SSSR count). The zero-order chi connectivity index (χ0) is 17.7. The molecule has 1 aliphatic rings. The van der Waals surface area contributed by atoms with Crippen molar-refractivity contribution < 1.29 is 23.1 Å². The average molecular weight is 338 g/mol. The van der Waals surface area contributed by atoms with E-state index in [1.54, 1.807) is 23.1 Å². The second-order valence-corrected chi connectivity index (χ2v) is 5.80. The molecular weight excluding hydrogens is 318 g/mol. The van der Waals surface area contributed by atoms with Gasteiger partial charge in [0.05, 0.1) is 5.92 Å². The van der Waals surface area contributed by atoms with E-state index in [0.717, 1.165) is 6.42 Å². The van der Waals surface area contributed by atoms with Crippen molar-refractivity contribution in [1.82, 2.24) is 4.90 Å². The summed E-state index contributed by atoms with van der Waals surface area (Å²) in [6.45, 7) is -0.618. The predicted octanol–water partition coefficient (Wildman–Crippen LogP) is 2.41. The quantitative estimate of drug-likeness (QED) is 0.838. The number of hydrogen-bond donors (Lipinski definition) is 1. The molecule has 130 valence electrons. The van der Waals surface area contributed by atoms with Gasteiger partial charge in [-0.05, 0) is 43.5 Å². The van der Waals surface area contributed by atoms with Gasteiger partial charge in [-0.2, -0.15) is 8.78 Å². The minimum atomic E-state index is -2.87. The lowest BCUT2D eigenvalue weighted by Gasteiger charge is -2.36. The number of piperidine rings is 1. The molecule has 2 N–H and O–H groups in total. The Kier molecular flexibility index (Phi) is 5.89. The van der Waals surface area contributed by atoms with Crippen molar-refractivity contribution in [2.75, 3.05) is 6.54 Å². The first-order valence-electron chi connectivity index (χ1n) is 7.69. The SMILES string of the molecule is C[C@@H]1CC[C@@H](C(N)=O)CN1C(=O)/C=C\c1ccc(OC(F)F)cc1. The standard InChI is InChI=1S/C17H20F2N2O3/c1-11-2-6-13(16(20)23)10-21(11)15(22)9-5-12-3-7-14(8-4-12)24-17(18)19/h3-5,7-9,11,13,17H,2,6,10H2,1H3,(H2,20,23)/b9-5-/t11-,13-/m1/s1. The molecule has 1 aromatic rings. The third-order valence-corrected chi connectivity index (χ3v) is 4.09. The molecular formula is C17H20F2N2O3. The number of amides is 2. The van der Waals surface area contributed by atoms with Crippen LogP contribution in [0.2, 0.25) is 0 Å². The van der Waals surface area contributed by atoms with Crippen molar-refractivity contribution in [2.24, 2.45) is 11.7 Å². The van der Waals surface area contributed by atoms with E-state index in [0.29, 0.717) is 18.5 Å². The van der Waals surface area contributed by atoms with Crippen LogP contribution in [0.1, 0.15) is 25.3 Å². The van der Waals surface area contributed by atoms with Crippen LogP contribution >= 0.6 is 0 Å². The smallest absolute Gasteiger partial charge is 0.387 e. The summed E-state index contributed by atoms with van der Waals surface area (Å²) in [5, 5.41) is 0. The monoisotopic (exact) mass is 338 g/mol. The molecule has 0 saturated carbocycles. The molecule has 2 atom stereocenters. The summed E-state index contributed by atoms with van der Waals surface area (Å²) in [7, 11) is 0. The molecule has 5 nitrogen and oxygen atoms in total. The lowest BCUT2D eigenvalue weighted by Crippen LogP contribution is -2.48. The highest BCUT2D eigenvalue weighted by Gasteiger charge is 2.30. The summed E-state index contributed by atoms with van der Waals surface area (Å²) in [6.07, 6.45) is 4.42. The van der Waals surface area contributed by atoms with Gasteiger partial charge in [0, 0.05) is 18.7 Å². The van der Waals surface area contributed by atoms with Crippen LogP contribution in [0.4, 0.5) is 8.78 Å². The molecule has 24 heavy (non-hydrogen) atoms. The lowest BCUT2D eigenvalue weighted by molar-refractivity contribution is -0.133. The number of nitrogens with two attached hydrogens (primary N) is 1. The normalized spacial score (nSPS) is 21.2. The Morgan fingerprint density at radius 2 is 1.96 bits per heavy atom. The van der Waals surface area contributed by atoms with Crippen molar-refractivity contribution >= 4 is 17.9 Å². The molecule has 0 radical (unpaired) electrons. The van der Waals surface area contributed by atoms with Crippen LogP contribution in [-0.4, -0.2) is 35.9 Å². The number of hydrogen-bond acceptors (Lipinski definition) is 3. The Labute approximate surface area is 139 Å². The summed E-state index contributed by atoms with van der Waals surface area (Å²) >= 11 is 0. The molecule has 1 saturated heterocycles. The second kappa shape index (κ2) is 7.90. The molecule has 0 aliphatic carbocycles. The number of benzene rings is 1. The molecule has 0 bridgehead atoms. The van der Waals surface area contributed by atoms with Gasteiger partial charge in [-0.25, -0.2) is 0 Å². The molecule has 0 unspecified atom stereocenters. The van der Waals surface area contributed by atoms with Crippen LogP contribution in [0, 0.1) is 5.92 Å². The molecule has 0 spiro atoms. The van der Waals surface area contributed by atoms with Gasteiger partial charge in [-0.1, -0.05) is 12.1 Å². The van der Waals surface area contributed by atoms with E-state index >= 15 is 0 Å². The van der Waals surface area contributed by atoms with Crippen LogP contribution < -0.4 is 10.5 Å². The van der Waals surface area contributed by atoms with Crippen LogP contribution in [0.15, 0.2) is 30.3 Å². The van der Waals surface area contributed by atoms with Crippen molar-refractivity contribution in [2.45, 2.75) is 32.4 Å². The van der Waals surface area contributed by atoms with E-state index in [4.69, 9.17) is 5.73 Å². The van der Waals surface area contributed by atoms with Crippen LogP contribution in [0.5, 0.6) is 5.75 Å². The summed E-state index contributed by atoms with van der Waals surface area (Å²) in [6, 6.07) is 6.01. The van der Waals surface area contributed by atoms with E-state index in [2.05, 4.69) is 4.74 Å². The summed E-state index contributed by atoms with van der Waals surface area (Å²) in [5.74, 6) is -0.855. The molecule has 1 aromatic carbocycles. The van der Waals surface area contributed by atoms with Gasteiger partial charge in [-0.3, -0.25) is 9.59 Å². The number of alkyl halides is 2. The molecule has 0 aromatic heterocycles. The molecule has 1 heterocycles. The maximum absolute atomic E-state index is 12.3. The summed E-state index contributed by atoms with van der Waals surface area (Å²) < 4.78 is 28.4. The number of halogens is 2. The summed E-state index contributed by atoms with van der Waals surface area (Å²) in [4.78, 5) is 25.3.